The second-order valence-corrected chi connectivity index (χ2v) is 6.06. The minimum absolute atomic E-state index is 0.582. The number of aromatic nitrogens is 2. The fraction of sp³-hybridized carbons (Fsp3) is 0.500. The molecule has 0 aliphatic carbocycles. The summed E-state index contributed by atoms with van der Waals surface area (Å²) in [6.45, 7) is 6.40. The summed E-state index contributed by atoms with van der Waals surface area (Å²) in [6.07, 6.45) is 2.22. The van der Waals surface area contributed by atoms with Crippen molar-refractivity contribution in [3.8, 4) is 6.07 Å². The minimum atomic E-state index is 0.582. The van der Waals surface area contributed by atoms with E-state index in [4.69, 9.17) is 17.5 Å². The molecule has 0 atom stereocenters. The molecule has 0 bridgehead atoms. The molecule has 1 aromatic carbocycles. The Morgan fingerprint density at radius 1 is 1.38 bits per heavy atom. The molecule has 2 aromatic rings. The smallest absolute Gasteiger partial charge is 0.178 e. The van der Waals surface area contributed by atoms with Gasteiger partial charge in [-0.1, -0.05) is 6.07 Å². The van der Waals surface area contributed by atoms with Crippen LogP contribution in [0.5, 0.6) is 0 Å². The van der Waals surface area contributed by atoms with Crippen molar-refractivity contribution in [1.29, 1.82) is 5.26 Å². The highest BCUT2D eigenvalue weighted by atomic mass is 32.1. The molecule has 0 aliphatic heterocycles. The van der Waals surface area contributed by atoms with E-state index >= 15 is 0 Å². The van der Waals surface area contributed by atoms with E-state index in [9.17, 15) is 0 Å². The standard InChI is InChI=1S/C16H22N4S/c1-12(2)19(3)9-4-5-10-20-14-8-6-7-13(11-17)15(14)18-16(20)21/h6-8,12H,4-5,9-10H2,1-3H3,(H,18,21). The van der Waals surface area contributed by atoms with Crippen molar-refractivity contribution in [2.24, 2.45) is 0 Å². The lowest BCUT2D eigenvalue weighted by atomic mass is 10.2. The SMILES string of the molecule is CC(C)N(C)CCCCn1c(=S)[nH]c2c(C#N)cccc21. The van der Waals surface area contributed by atoms with E-state index in [2.05, 4.69) is 41.4 Å². The molecule has 5 heteroatoms. The highest BCUT2D eigenvalue weighted by Crippen LogP contribution is 2.18. The first-order valence-corrected chi connectivity index (χ1v) is 7.77. The second-order valence-electron chi connectivity index (χ2n) is 5.67. The van der Waals surface area contributed by atoms with Crippen LogP contribution in [0.3, 0.4) is 0 Å². The number of hydrogen-bond donors (Lipinski definition) is 1. The van der Waals surface area contributed by atoms with E-state index in [0.717, 1.165) is 37.0 Å². The van der Waals surface area contributed by atoms with Crippen molar-refractivity contribution in [2.75, 3.05) is 13.6 Å². The van der Waals surface area contributed by atoms with Crippen LogP contribution in [0.25, 0.3) is 11.0 Å². The molecule has 21 heavy (non-hydrogen) atoms. The van der Waals surface area contributed by atoms with Crippen molar-refractivity contribution >= 4 is 23.3 Å². The quantitative estimate of drug-likeness (QED) is 0.654. The van der Waals surface area contributed by atoms with Gasteiger partial charge in [-0.2, -0.15) is 5.26 Å². The molecular formula is C16H22N4S. The van der Waals surface area contributed by atoms with Gasteiger partial charge >= 0.3 is 0 Å². The maximum absolute atomic E-state index is 9.14. The van der Waals surface area contributed by atoms with Crippen LogP contribution in [0.1, 0.15) is 32.3 Å². The highest BCUT2D eigenvalue weighted by molar-refractivity contribution is 7.71. The predicted octanol–water partition coefficient (Wildman–Crippen LogP) is 3.69. The Hall–Kier alpha value is -1.64. The number of aryl methyl sites for hydroxylation is 1. The van der Waals surface area contributed by atoms with Gasteiger partial charge in [0.2, 0.25) is 0 Å². The summed E-state index contributed by atoms with van der Waals surface area (Å²) in [5.41, 5.74) is 2.53. The summed E-state index contributed by atoms with van der Waals surface area (Å²) in [5, 5.41) is 9.14. The van der Waals surface area contributed by atoms with Crippen molar-refractivity contribution in [3.05, 3.63) is 28.5 Å². The number of aromatic amines is 1. The zero-order chi connectivity index (χ0) is 15.4. The van der Waals surface area contributed by atoms with Crippen LogP contribution in [0, 0.1) is 16.1 Å². The van der Waals surface area contributed by atoms with Crippen LogP contribution in [-0.2, 0) is 6.54 Å². The van der Waals surface area contributed by atoms with Crippen LogP contribution in [0.4, 0.5) is 0 Å². The number of nitrogens with one attached hydrogen (secondary N) is 1. The Morgan fingerprint density at radius 3 is 2.81 bits per heavy atom. The monoisotopic (exact) mass is 302 g/mol. The number of hydrogen-bond acceptors (Lipinski definition) is 3. The maximum atomic E-state index is 9.14. The Labute approximate surface area is 131 Å². The van der Waals surface area contributed by atoms with E-state index in [1.54, 1.807) is 0 Å². The number of nitriles is 1. The fourth-order valence-corrected chi connectivity index (χ4v) is 2.68. The van der Waals surface area contributed by atoms with Gasteiger partial charge in [-0.25, -0.2) is 0 Å². The van der Waals surface area contributed by atoms with Crippen molar-refractivity contribution in [3.63, 3.8) is 0 Å². The molecule has 0 saturated heterocycles. The molecule has 0 aliphatic rings. The molecule has 0 spiro atoms. The summed E-state index contributed by atoms with van der Waals surface area (Å²) in [6, 6.07) is 8.53. The summed E-state index contributed by atoms with van der Waals surface area (Å²) in [7, 11) is 2.15. The van der Waals surface area contributed by atoms with Gasteiger partial charge in [-0.15, -0.1) is 0 Å². The highest BCUT2D eigenvalue weighted by Gasteiger charge is 2.08. The van der Waals surface area contributed by atoms with Crippen molar-refractivity contribution in [2.45, 2.75) is 39.3 Å². The molecule has 1 heterocycles. The number of nitrogens with zero attached hydrogens (tertiary/aromatic N) is 3. The summed E-state index contributed by atoms with van der Waals surface area (Å²) in [5.74, 6) is 0. The molecule has 0 saturated carbocycles. The van der Waals surface area contributed by atoms with Crippen molar-refractivity contribution in [1.82, 2.24) is 14.5 Å². The molecule has 0 fully saturated rings. The third-order valence-corrected chi connectivity index (χ3v) is 4.28. The molecular weight excluding hydrogens is 280 g/mol. The number of para-hydroxylation sites is 1. The molecule has 1 N–H and O–H groups in total. The molecule has 2 rings (SSSR count). The minimum Gasteiger partial charge on any atom is -0.329 e. The van der Waals surface area contributed by atoms with Crippen LogP contribution in [0.15, 0.2) is 18.2 Å². The van der Waals surface area contributed by atoms with Gasteiger partial charge in [0.25, 0.3) is 0 Å². The normalized spacial score (nSPS) is 11.4. The Balaban J connectivity index is 2.08. The van der Waals surface area contributed by atoms with E-state index in [-0.39, 0.29) is 0 Å². The Kier molecular flexibility index (Phi) is 5.16. The third-order valence-electron chi connectivity index (χ3n) is 3.95. The fourth-order valence-electron chi connectivity index (χ4n) is 2.38. The zero-order valence-corrected chi connectivity index (χ0v) is 13.7. The topological polar surface area (TPSA) is 47.8 Å². The maximum Gasteiger partial charge on any atom is 0.178 e. The lowest BCUT2D eigenvalue weighted by Crippen LogP contribution is -2.27. The summed E-state index contributed by atoms with van der Waals surface area (Å²) >= 11 is 5.39. The van der Waals surface area contributed by atoms with Gasteiger partial charge in [0.1, 0.15) is 6.07 Å². The first-order chi connectivity index (χ1) is 10.0. The molecule has 1 aromatic heterocycles. The van der Waals surface area contributed by atoms with Crippen LogP contribution in [-0.4, -0.2) is 34.1 Å². The number of imidazole rings is 1. The van der Waals surface area contributed by atoms with Gasteiger partial charge in [0.15, 0.2) is 4.77 Å². The first kappa shape index (κ1) is 15.7. The first-order valence-electron chi connectivity index (χ1n) is 7.36. The van der Waals surface area contributed by atoms with E-state index in [1.165, 1.54) is 0 Å². The number of H-pyrrole nitrogens is 1. The molecule has 0 unspecified atom stereocenters. The molecule has 0 amide bonds. The van der Waals surface area contributed by atoms with Crippen LogP contribution < -0.4 is 0 Å². The number of fused-ring (bicyclic) bond motifs is 1. The van der Waals surface area contributed by atoms with Crippen LogP contribution in [0.2, 0.25) is 0 Å². The summed E-state index contributed by atoms with van der Waals surface area (Å²) < 4.78 is 2.80. The van der Waals surface area contributed by atoms with Gasteiger partial charge in [-0.3, -0.25) is 0 Å². The third kappa shape index (κ3) is 3.52. The van der Waals surface area contributed by atoms with Gasteiger partial charge in [0.05, 0.1) is 16.6 Å². The van der Waals surface area contributed by atoms with Crippen molar-refractivity contribution < 1.29 is 0 Å². The average Bonchev–Trinajstić information content (AvgIpc) is 2.78. The van der Waals surface area contributed by atoms with E-state index in [1.807, 2.05) is 18.2 Å². The molecule has 0 radical (unpaired) electrons. The summed E-state index contributed by atoms with van der Waals surface area (Å²) in [4.78, 5) is 5.51. The number of unbranched alkanes of at least 4 members (excludes halogenated alkanes) is 1. The Bertz CT molecular complexity index is 705. The lowest BCUT2D eigenvalue weighted by molar-refractivity contribution is 0.266. The van der Waals surface area contributed by atoms with E-state index in [0.29, 0.717) is 16.4 Å². The predicted molar refractivity (Wildman–Crippen MR) is 88.8 cm³/mol. The van der Waals surface area contributed by atoms with Gasteiger partial charge in [0, 0.05) is 12.6 Å². The molecule has 4 nitrogen and oxygen atoms in total. The largest absolute Gasteiger partial charge is 0.329 e. The number of benzene rings is 1. The average molecular weight is 302 g/mol. The second kappa shape index (κ2) is 6.88. The van der Waals surface area contributed by atoms with Crippen LogP contribution >= 0.6 is 12.2 Å². The van der Waals surface area contributed by atoms with Gasteiger partial charge in [-0.05, 0) is 64.6 Å². The Morgan fingerprint density at radius 2 is 2.14 bits per heavy atom. The zero-order valence-electron chi connectivity index (χ0n) is 12.9. The lowest BCUT2D eigenvalue weighted by Gasteiger charge is -2.20. The molecule has 112 valence electrons. The van der Waals surface area contributed by atoms with Gasteiger partial charge < -0.3 is 14.5 Å². The number of rotatable bonds is 6. The van der Waals surface area contributed by atoms with E-state index < -0.39 is 0 Å².